The molecule has 15 nitrogen and oxygen atoms in total. The normalized spacial score (nSPS) is 14.6. The average Bonchev–Trinajstić information content (AvgIpc) is 2.85. The van der Waals surface area contributed by atoms with E-state index in [9.17, 15) is 56.2 Å². The summed E-state index contributed by atoms with van der Waals surface area (Å²) < 4.78 is 101. The largest absolute Gasteiger partial charge is 0.573 e. The molecule has 1 aliphatic heterocycles. The fourth-order valence-corrected chi connectivity index (χ4v) is 3.14. The van der Waals surface area contributed by atoms with Gasteiger partial charge in [-0.25, -0.2) is 9.59 Å². The molecule has 0 fully saturated rings. The van der Waals surface area contributed by atoms with Gasteiger partial charge in [0.1, 0.15) is 37.9 Å². The number of esters is 1. The number of aryl methyl sites for hydroxylation is 1. The van der Waals surface area contributed by atoms with Crippen molar-refractivity contribution in [1.29, 1.82) is 0 Å². The summed E-state index contributed by atoms with van der Waals surface area (Å²) in [4.78, 5) is 52.4. The Bertz CT molecular complexity index is 1150. The zero-order valence-electron chi connectivity index (χ0n) is 20.4. The number of fused-ring (bicyclic) bond motifs is 1. The Morgan fingerprint density at radius 3 is 2.10 bits per heavy atom. The number of carbonyl (C=O) groups excluding carboxylic acids is 2. The highest BCUT2D eigenvalue weighted by atomic mass is 19.4. The van der Waals surface area contributed by atoms with Gasteiger partial charge in [0.15, 0.2) is 6.10 Å². The van der Waals surface area contributed by atoms with Crippen LogP contribution in [0.5, 0.6) is 11.5 Å². The summed E-state index contributed by atoms with van der Waals surface area (Å²) >= 11 is 0. The molecule has 1 aliphatic rings. The molecule has 1 aromatic carbocycles. The monoisotopic (exact) mass is 608 g/mol. The first-order chi connectivity index (χ1) is 19.0. The minimum Gasteiger partial charge on any atom is -0.475 e. The first kappa shape index (κ1) is 32.5. The second kappa shape index (κ2) is 13.6. The van der Waals surface area contributed by atoms with E-state index in [-0.39, 0.29) is 17.5 Å². The molecule has 0 radical (unpaired) electrons. The Balaban J connectivity index is 2.10. The van der Waals surface area contributed by atoms with E-state index in [2.05, 4.69) is 28.6 Å². The molecule has 1 heterocycles. The molecule has 0 amide bonds. The lowest BCUT2D eigenvalue weighted by atomic mass is 9.97. The van der Waals surface area contributed by atoms with Gasteiger partial charge in [0.05, 0.1) is 5.57 Å². The summed E-state index contributed by atoms with van der Waals surface area (Å²) in [6.45, 7) is -2.26. The molecule has 1 atom stereocenters. The lowest BCUT2D eigenvalue weighted by Crippen LogP contribution is -2.41. The van der Waals surface area contributed by atoms with Gasteiger partial charge in [0, 0.05) is 5.56 Å². The van der Waals surface area contributed by atoms with Gasteiger partial charge >= 0.3 is 24.7 Å². The molecule has 2 rings (SSSR count). The Morgan fingerprint density at radius 2 is 1.59 bits per heavy atom. The van der Waals surface area contributed by atoms with Crippen LogP contribution in [0.4, 0.5) is 31.1 Å². The Labute approximate surface area is 223 Å². The Kier molecular flexibility index (Phi) is 10.8. The molecule has 21 heteroatoms. The highest BCUT2D eigenvalue weighted by Gasteiger charge is 2.49. The highest BCUT2D eigenvalue weighted by molar-refractivity contribution is 5.96. The van der Waals surface area contributed by atoms with E-state index in [1.54, 1.807) is 0 Å². The third-order valence-corrected chi connectivity index (χ3v) is 4.68. The van der Waals surface area contributed by atoms with E-state index in [4.69, 9.17) is 4.74 Å². The molecule has 228 valence electrons. The maximum atomic E-state index is 13.7. The third kappa shape index (κ3) is 10.4. The van der Waals surface area contributed by atoms with Crippen molar-refractivity contribution in [2.45, 2.75) is 38.1 Å². The van der Waals surface area contributed by atoms with Crippen LogP contribution in [0.1, 0.15) is 18.1 Å². The molecule has 1 aromatic rings. The fraction of sp³-hybridized carbons (Fsp3) is 0.500. The van der Waals surface area contributed by atoms with Gasteiger partial charge in [-0.15, -0.1) is 33.4 Å². The van der Waals surface area contributed by atoms with Crippen molar-refractivity contribution in [2.75, 3.05) is 26.4 Å². The maximum absolute atomic E-state index is 13.7. The SMILES string of the molecule is CCc1cc(OC(F)(F)F)cc2c1O[C@H](C(F)(F)F)C(C(=O)OCCOC(=O)OC(CO[N+](=O)[O-])CO[N+](=O)[O-])=C2. The maximum Gasteiger partial charge on any atom is 0.573 e. The van der Waals surface area contributed by atoms with Crippen molar-refractivity contribution in [1.82, 2.24) is 0 Å². The molecule has 0 aromatic heterocycles. The summed E-state index contributed by atoms with van der Waals surface area (Å²) in [5.74, 6) is -2.83. The number of hydrogen-bond acceptors (Lipinski definition) is 13. The number of carbonyl (C=O) groups is 2. The lowest BCUT2D eigenvalue weighted by Gasteiger charge is -2.29. The van der Waals surface area contributed by atoms with Crippen LogP contribution in [-0.4, -0.2) is 73.5 Å². The molecule has 0 bridgehead atoms. The topological polar surface area (TPSA) is 185 Å². The van der Waals surface area contributed by atoms with E-state index < -0.39 is 90.5 Å². The molecule has 0 aliphatic carbocycles. The average molecular weight is 608 g/mol. The van der Waals surface area contributed by atoms with E-state index >= 15 is 0 Å². The van der Waals surface area contributed by atoms with Crippen LogP contribution < -0.4 is 9.47 Å². The van der Waals surface area contributed by atoms with Crippen molar-refractivity contribution in [3.8, 4) is 11.5 Å². The number of alkyl halides is 6. The second-order valence-corrected chi connectivity index (χ2v) is 7.55. The lowest BCUT2D eigenvalue weighted by molar-refractivity contribution is -0.768. The van der Waals surface area contributed by atoms with E-state index in [1.165, 1.54) is 6.92 Å². The molecule has 0 unspecified atom stereocenters. The molecule has 41 heavy (non-hydrogen) atoms. The number of nitrogens with zero attached hydrogens (tertiary/aromatic N) is 2. The van der Waals surface area contributed by atoms with Crippen molar-refractivity contribution in [3.63, 3.8) is 0 Å². The van der Waals surface area contributed by atoms with Crippen LogP contribution in [0.3, 0.4) is 0 Å². The zero-order valence-corrected chi connectivity index (χ0v) is 20.4. The molecule has 0 saturated carbocycles. The quantitative estimate of drug-likeness (QED) is 0.104. The minimum absolute atomic E-state index is 0.0554. The van der Waals surface area contributed by atoms with Crippen molar-refractivity contribution in [3.05, 3.63) is 49.1 Å². The first-order valence-corrected chi connectivity index (χ1v) is 10.9. The fourth-order valence-electron chi connectivity index (χ4n) is 3.14. The molecular formula is C20H18F6N2O13. The number of ether oxygens (including phenoxy) is 5. The highest BCUT2D eigenvalue weighted by Crippen LogP contribution is 2.42. The summed E-state index contributed by atoms with van der Waals surface area (Å²) in [5.41, 5.74) is -1.55. The summed E-state index contributed by atoms with van der Waals surface area (Å²) in [7, 11) is 0. The molecular weight excluding hydrogens is 590 g/mol. The van der Waals surface area contributed by atoms with Crippen LogP contribution >= 0.6 is 0 Å². The smallest absolute Gasteiger partial charge is 0.475 e. The first-order valence-electron chi connectivity index (χ1n) is 10.9. The predicted molar refractivity (Wildman–Crippen MR) is 114 cm³/mol. The zero-order chi connectivity index (χ0) is 31.0. The standard InChI is InChI=1S/C20H18F6N2O13/c1-2-10-5-12(41-20(24,25)26)6-11-7-14(16(19(21,22)23)40-15(10)11)17(29)35-3-4-36-18(30)39-13(8-37-27(31)32)9-38-28(33)34/h5-7,13,16H,2-4,8-9H2,1H3/t16-/m0/s1. The summed E-state index contributed by atoms with van der Waals surface area (Å²) in [6.07, 6.45) is -15.9. The van der Waals surface area contributed by atoms with Crippen molar-refractivity contribution >= 4 is 18.2 Å². The van der Waals surface area contributed by atoms with Gasteiger partial charge < -0.3 is 33.4 Å². The molecule has 0 N–H and O–H groups in total. The Morgan fingerprint density at radius 1 is 1.00 bits per heavy atom. The molecule has 0 spiro atoms. The van der Waals surface area contributed by atoms with Gasteiger partial charge in [-0.05, 0) is 30.2 Å². The van der Waals surface area contributed by atoms with Gasteiger partial charge in [-0.3, -0.25) is 0 Å². The van der Waals surface area contributed by atoms with Crippen molar-refractivity contribution in [2.24, 2.45) is 0 Å². The van der Waals surface area contributed by atoms with Crippen LogP contribution in [0, 0.1) is 20.2 Å². The van der Waals surface area contributed by atoms with Gasteiger partial charge in [-0.2, -0.15) is 13.2 Å². The van der Waals surface area contributed by atoms with Crippen LogP contribution in [0.15, 0.2) is 17.7 Å². The Hall–Kier alpha value is -4.72. The van der Waals surface area contributed by atoms with E-state index in [0.29, 0.717) is 12.1 Å². The number of benzene rings is 1. The second-order valence-electron chi connectivity index (χ2n) is 7.55. The van der Waals surface area contributed by atoms with E-state index in [0.717, 1.165) is 6.07 Å². The van der Waals surface area contributed by atoms with Gasteiger partial charge in [0.25, 0.3) is 10.2 Å². The van der Waals surface area contributed by atoms with E-state index in [1.807, 2.05) is 0 Å². The minimum atomic E-state index is -5.17. The van der Waals surface area contributed by atoms with Crippen LogP contribution in [-0.2, 0) is 35.1 Å². The summed E-state index contributed by atoms with van der Waals surface area (Å²) in [6, 6.07) is 1.55. The van der Waals surface area contributed by atoms with Gasteiger partial charge in [-0.1, -0.05) is 6.92 Å². The van der Waals surface area contributed by atoms with Gasteiger partial charge in [0.2, 0.25) is 6.10 Å². The predicted octanol–water partition coefficient (Wildman–Crippen LogP) is 3.34. The molecule has 0 saturated heterocycles. The number of rotatable bonds is 13. The third-order valence-electron chi connectivity index (χ3n) is 4.68. The number of hydrogen-bond donors (Lipinski definition) is 0. The summed E-state index contributed by atoms with van der Waals surface area (Å²) in [5, 5.41) is 17.9. The van der Waals surface area contributed by atoms with Crippen LogP contribution in [0.25, 0.3) is 6.08 Å². The number of halogens is 6. The van der Waals surface area contributed by atoms with Crippen LogP contribution in [0.2, 0.25) is 0 Å². The van der Waals surface area contributed by atoms with Crippen molar-refractivity contribution < 1.29 is 79.5 Å².